The maximum atomic E-state index is 11.7. The van der Waals surface area contributed by atoms with Crippen molar-refractivity contribution in [2.45, 2.75) is 31.6 Å². The Balaban J connectivity index is 1.38. The zero-order chi connectivity index (χ0) is 23.0. The van der Waals surface area contributed by atoms with E-state index in [0.717, 1.165) is 54.0 Å². The second-order valence-electron chi connectivity index (χ2n) is 9.43. The van der Waals surface area contributed by atoms with Crippen LogP contribution < -0.4 is 5.32 Å². The smallest absolute Gasteiger partial charge is 0.150 e. The fourth-order valence-corrected chi connectivity index (χ4v) is 6.71. The number of hydrogen-bond acceptors (Lipinski definition) is 6. The highest BCUT2D eigenvalue weighted by molar-refractivity contribution is 7.91. The molecule has 9 heteroatoms. The SMILES string of the molecule is CN1CCC(c2cc3c(-c4nc(NCC5CCS(=O)(=O)CC5)ccc4Cl)ccnc3[nH]2)CC1. The third-order valence-corrected chi connectivity index (χ3v) is 9.08. The van der Waals surface area contributed by atoms with Crippen LogP contribution in [0.1, 0.15) is 37.3 Å². The average molecular weight is 488 g/mol. The number of rotatable bonds is 5. The van der Waals surface area contributed by atoms with Gasteiger partial charge in [-0.1, -0.05) is 11.6 Å². The van der Waals surface area contributed by atoms with Gasteiger partial charge in [0, 0.05) is 35.3 Å². The van der Waals surface area contributed by atoms with Gasteiger partial charge in [0.25, 0.3) is 0 Å². The number of aromatic amines is 1. The van der Waals surface area contributed by atoms with Crippen LogP contribution in [0.2, 0.25) is 5.02 Å². The lowest BCUT2D eigenvalue weighted by molar-refractivity contribution is 0.254. The molecule has 2 aliphatic heterocycles. The number of H-pyrrole nitrogens is 1. The number of sulfone groups is 1. The molecule has 176 valence electrons. The first-order valence-electron chi connectivity index (χ1n) is 11.7. The van der Waals surface area contributed by atoms with Crippen LogP contribution in [0, 0.1) is 5.92 Å². The largest absolute Gasteiger partial charge is 0.370 e. The van der Waals surface area contributed by atoms with Gasteiger partial charge in [0.05, 0.1) is 22.2 Å². The first-order valence-corrected chi connectivity index (χ1v) is 13.9. The molecule has 0 amide bonds. The van der Waals surface area contributed by atoms with E-state index >= 15 is 0 Å². The zero-order valence-electron chi connectivity index (χ0n) is 18.8. The predicted molar refractivity (Wildman–Crippen MR) is 134 cm³/mol. The van der Waals surface area contributed by atoms with Gasteiger partial charge in [-0.2, -0.15) is 0 Å². The van der Waals surface area contributed by atoms with Crippen molar-refractivity contribution in [3.63, 3.8) is 0 Å². The highest BCUT2D eigenvalue weighted by Crippen LogP contribution is 2.35. The summed E-state index contributed by atoms with van der Waals surface area (Å²) >= 11 is 6.59. The van der Waals surface area contributed by atoms with Crippen molar-refractivity contribution >= 4 is 38.3 Å². The van der Waals surface area contributed by atoms with E-state index in [0.29, 0.717) is 36.2 Å². The Morgan fingerprint density at radius 2 is 1.91 bits per heavy atom. The van der Waals surface area contributed by atoms with Crippen LogP contribution in [0.25, 0.3) is 22.3 Å². The van der Waals surface area contributed by atoms with Crippen molar-refractivity contribution in [2.24, 2.45) is 5.92 Å². The normalized spacial score (nSPS) is 20.3. The van der Waals surface area contributed by atoms with Crippen LogP contribution in [-0.4, -0.2) is 66.5 Å². The van der Waals surface area contributed by atoms with Gasteiger partial charge in [-0.3, -0.25) is 0 Å². The third kappa shape index (κ3) is 5.03. The molecule has 3 aromatic rings. The summed E-state index contributed by atoms with van der Waals surface area (Å²) in [6.07, 6.45) is 5.47. The lowest BCUT2D eigenvalue weighted by atomic mass is 9.93. The molecule has 5 rings (SSSR count). The van der Waals surface area contributed by atoms with Crippen molar-refractivity contribution in [1.82, 2.24) is 19.9 Å². The van der Waals surface area contributed by atoms with E-state index in [4.69, 9.17) is 16.6 Å². The Morgan fingerprint density at radius 3 is 2.67 bits per heavy atom. The Kier molecular flexibility index (Phi) is 6.33. The molecule has 2 aliphatic rings. The van der Waals surface area contributed by atoms with Crippen molar-refractivity contribution < 1.29 is 8.42 Å². The minimum atomic E-state index is -2.85. The summed E-state index contributed by atoms with van der Waals surface area (Å²) in [5, 5.41) is 5.03. The predicted octanol–water partition coefficient (Wildman–Crippen LogP) is 4.32. The summed E-state index contributed by atoms with van der Waals surface area (Å²) in [5.74, 6) is 2.16. The van der Waals surface area contributed by atoms with Gasteiger partial charge >= 0.3 is 0 Å². The lowest BCUT2D eigenvalue weighted by Crippen LogP contribution is -2.29. The molecule has 0 aliphatic carbocycles. The molecule has 2 N–H and O–H groups in total. The topological polar surface area (TPSA) is 91.0 Å². The van der Waals surface area contributed by atoms with E-state index < -0.39 is 9.84 Å². The molecule has 2 fully saturated rings. The molecule has 0 bridgehead atoms. The van der Waals surface area contributed by atoms with E-state index in [1.807, 2.05) is 18.2 Å². The maximum absolute atomic E-state index is 11.7. The Morgan fingerprint density at radius 1 is 1.15 bits per heavy atom. The van der Waals surface area contributed by atoms with E-state index in [1.165, 1.54) is 5.69 Å². The van der Waals surface area contributed by atoms with Gasteiger partial charge in [0.15, 0.2) is 0 Å². The molecule has 0 saturated carbocycles. The molecule has 3 aromatic heterocycles. The molecule has 33 heavy (non-hydrogen) atoms. The third-order valence-electron chi connectivity index (χ3n) is 7.06. The van der Waals surface area contributed by atoms with E-state index in [-0.39, 0.29) is 11.5 Å². The molecule has 5 heterocycles. The molecule has 0 unspecified atom stereocenters. The lowest BCUT2D eigenvalue weighted by Gasteiger charge is -2.28. The van der Waals surface area contributed by atoms with Crippen molar-refractivity contribution in [2.75, 3.05) is 43.5 Å². The Hall–Kier alpha value is -2.16. The number of aromatic nitrogens is 3. The summed E-state index contributed by atoms with van der Waals surface area (Å²) in [7, 11) is -0.676. The minimum Gasteiger partial charge on any atom is -0.370 e. The first-order chi connectivity index (χ1) is 15.9. The van der Waals surface area contributed by atoms with Gasteiger partial charge in [-0.15, -0.1) is 0 Å². The van der Waals surface area contributed by atoms with Gasteiger partial charge in [-0.05, 0) is 76.0 Å². The van der Waals surface area contributed by atoms with E-state index in [2.05, 4.69) is 33.3 Å². The monoisotopic (exact) mass is 487 g/mol. The maximum Gasteiger partial charge on any atom is 0.150 e. The van der Waals surface area contributed by atoms with E-state index in [1.54, 1.807) is 6.20 Å². The number of nitrogens with one attached hydrogen (secondary N) is 2. The summed E-state index contributed by atoms with van der Waals surface area (Å²) < 4.78 is 23.4. The number of halogens is 1. The fraction of sp³-hybridized carbons (Fsp3) is 0.500. The molecule has 0 atom stereocenters. The van der Waals surface area contributed by atoms with Crippen LogP contribution in [0.15, 0.2) is 30.5 Å². The number of piperidine rings is 1. The first kappa shape index (κ1) is 22.6. The highest BCUT2D eigenvalue weighted by Gasteiger charge is 2.24. The molecular formula is C24H30ClN5O2S. The van der Waals surface area contributed by atoms with Crippen molar-refractivity contribution in [3.8, 4) is 11.3 Å². The standard InChI is InChI=1S/C24H30ClN5O2S/c1-30-10-5-17(6-11-30)21-14-19-18(4-9-26-24(19)28-21)23-20(25)2-3-22(29-23)27-15-16-7-12-33(31,32)13-8-16/h2-4,9,14,16-17H,5-8,10-13,15H2,1H3,(H,26,28)(H,27,29). The van der Waals surface area contributed by atoms with E-state index in [9.17, 15) is 8.42 Å². The second-order valence-corrected chi connectivity index (χ2v) is 12.1. The van der Waals surface area contributed by atoms with Crippen LogP contribution in [0.5, 0.6) is 0 Å². The molecule has 0 aromatic carbocycles. The van der Waals surface area contributed by atoms with Gasteiger partial charge in [0.2, 0.25) is 0 Å². The molecule has 2 saturated heterocycles. The van der Waals surface area contributed by atoms with Crippen LogP contribution in [0.4, 0.5) is 5.82 Å². The number of fused-ring (bicyclic) bond motifs is 1. The van der Waals surface area contributed by atoms with Gasteiger partial charge in [0.1, 0.15) is 21.3 Å². The average Bonchev–Trinajstić information content (AvgIpc) is 3.24. The van der Waals surface area contributed by atoms with Crippen molar-refractivity contribution in [1.29, 1.82) is 0 Å². The van der Waals surface area contributed by atoms with Gasteiger partial charge < -0.3 is 15.2 Å². The fourth-order valence-electron chi connectivity index (χ4n) is 4.91. The number of pyridine rings is 2. The number of anilines is 1. The Bertz CT molecular complexity index is 1240. The van der Waals surface area contributed by atoms with Crippen LogP contribution >= 0.6 is 11.6 Å². The number of likely N-dealkylation sites (tertiary alicyclic amines) is 1. The summed E-state index contributed by atoms with van der Waals surface area (Å²) in [5.41, 5.74) is 3.79. The van der Waals surface area contributed by atoms with Crippen molar-refractivity contribution in [3.05, 3.63) is 41.2 Å². The second kappa shape index (κ2) is 9.24. The molecule has 0 radical (unpaired) electrons. The summed E-state index contributed by atoms with van der Waals surface area (Å²) in [4.78, 5) is 15.3. The molecule has 0 spiro atoms. The summed E-state index contributed by atoms with van der Waals surface area (Å²) in [6.45, 7) is 2.92. The Labute approximate surface area is 199 Å². The number of nitrogens with zero attached hydrogens (tertiary/aromatic N) is 3. The van der Waals surface area contributed by atoms with Crippen LogP contribution in [0.3, 0.4) is 0 Å². The minimum absolute atomic E-state index is 0.279. The zero-order valence-corrected chi connectivity index (χ0v) is 20.4. The highest BCUT2D eigenvalue weighted by atomic mass is 35.5. The summed E-state index contributed by atoms with van der Waals surface area (Å²) in [6, 6.07) is 7.94. The van der Waals surface area contributed by atoms with Crippen LogP contribution in [-0.2, 0) is 9.84 Å². The molecule has 7 nitrogen and oxygen atoms in total. The number of hydrogen-bond donors (Lipinski definition) is 2. The van der Waals surface area contributed by atoms with Gasteiger partial charge in [-0.25, -0.2) is 18.4 Å². The molecular weight excluding hydrogens is 458 g/mol. The quantitative estimate of drug-likeness (QED) is 0.556.